The molecule has 0 radical (unpaired) electrons. The Bertz CT molecular complexity index is 329. The molecule has 1 heteroatoms. The quantitative estimate of drug-likeness (QED) is 0.549. The molecule has 0 aliphatic rings. The summed E-state index contributed by atoms with van der Waals surface area (Å²) in [5.41, 5.74) is 9.60. The molecule has 0 unspecified atom stereocenters. The highest BCUT2D eigenvalue weighted by Gasteiger charge is 2.16. The van der Waals surface area contributed by atoms with Gasteiger partial charge in [-0.25, -0.2) is 0 Å². The molecule has 0 spiro atoms. The van der Waals surface area contributed by atoms with E-state index >= 15 is 0 Å². The van der Waals surface area contributed by atoms with Crippen molar-refractivity contribution in [1.29, 1.82) is 0 Å². The lowest BCUT2D eigenvalue weighted by Gasteiger charge is -2.21. The first-order chi connectivity index (χ1) is 6.95. The average Bonchev–Trinajstić information content (AvgIpc) is 2.20. The van der Waals surface area contributed by atoms with Gasteiger partial charge < -0.3 is 5.73 Å². The van der Waals surface area contributed by atoms with Crippen molar-refractivity contribution in [3.8, 4) is 12.8 Å². The molecule has 0 saturated heterocycles. The van der Waals surface area contributed by atoms with Crippen LogP contribution >= 0.6 is 0 Å². The average molecular weight is 203 g/mol. The number of hydrogen-bond acceptors (Lipinski definition) is 1. The molecule has 0 amide bonds. The molecule has 0 aliphatic heterocycles. The number of aryl methyl sites for hydroxylation is 1. The number of nitrogens with two attached hydrogens (primary N) is 1. The van der Waals surface area contributed by atoms with Gasteiger partial charge in [-0.05, 0) is 29.0 Å². The van der Waals surface area contributed by atoms with Gasteiger partial charge in [0.15, 0.2) is 0 Å². The van der Waals surface area contributed by atoms with Gasteiger partial charge >= 0.3 is 0 Å². The Kier molecular flexibility index (Phi) is 4.94. The van der Waals surface area contributed by atoms with Gasteiger partial charge in [0.2, 0.25) is 0 Å². The highest BCUT2D eigenvalue weighted by molar-refractivity contribution is 5.51. The van der Waals surface area contributed by atoms with Gasteiger partial charge in [-0.1, -0.05) is 39.8 Å². The molecule has 1 nitrogen and oxygen atoms in total. The lowest BCUT2D eigenvalue weighted by Crippen LogP contribution is -2.14. The Balaban J connectivity index is 0.000000921. The highest BCUT2D eigenvalue weighted by Crippen LogP contribution is 2.28. The monoisotopic (exact) mass is 203 g/mol. The molecule has 1 aromatic rings. The number of nitrogen functional groups attached to an aromatic ring is 1. The van der Waals surface area contributed by atoms with E-state index in [1.165, 1.54) is 11.1 Å². The summed E-state index contributed by atoms with van der Waals surface area (Å²) in [6.07, 6.45) is 9.07. The highest BCUT2D eigenvalue weighted by atomic mass is 14.6. The summed E-state index contributed by atoms with van der Waals surface area (Å²) in [4.78, 5) is 0. The van der Waals surface area contributed by atoms with Crippen LogP contribution in [0.3, 0.4) is 0 Å². The van der Waals surface area contributed by atoms with Crippen molar-refractivity contribution in [2.24, 2.45) is 0 Å². The molecule has 0 bridgehead atoms. The topological polar surface area (TPSA) is 26.0 Å². The van der Waals surface area contributed by atoms with Gasteiger partial charge in [0.1, 0.15) is 0 Å². The summed E-state index contributed by atoms with van der Waals surface area (Å²) in [5.74, 6) is 0. The van der Waals surface area contributed by atoms with E-state index in [1.807, 2.05) is 6.07 Å². The van der Waals surface area contributed by atoms with Crippen molar-refractivity contribution in [2.75, 3.05) is 5.73 Å². The third kappa shape index (κ3) is 3.67. The number of rotatable bonds is 1. The summed E-state index contributed by atoms with van der Waals surface area (Å²) in [7, 11) is 0. The van der Waals surface area contributed by atoms with Gasteiger partial charge in [0.25, 0.3) is 0 Å². The van der Waals surface area contributed by atoms with Crippen LogP contribution in [0.25, 0.3) is 0 Å². The Labute approximate surface area is 93.7 Å². The Morgan fingerprint density at radius 1 is 1.20 bits per heavy atom. The predicted octanol–water partition coefficient (Wildman–Crippen LogP) is 3.38. The number of hydrogen-bond donors (Lipinski definition) is 1. The standard InChI is InChI=1S/C12H19N.C2H2/c1-5-9-6-7-11(13)10(8-9)12(2,3)4;1-2/h6-8H,5,13H2,1-4H3;1-2H. The first kappa shape index (κ1) is 13.6. The Morgan fingerprint density at radius 2 is 1.73 bits per heavy atom. The normalized spacial score (nSPS) is 10.3. The number of terminal acetylenes is 1. The molecule has 82 valence electrons. The molecule has 0 heterocycles. The van der Waals surface area contributed by atoms with Crippen LogP contribution in [-0.4, -0.2) is 0 Å². The summed E-state index contributed by atoms with van der Waals surface area (Å²) in [6.45, 7) is 8.74. The number of benzene rings is 1. The van der Waals surface area contributed by atoms with Crippen molar-refractivity contribution in [3.63, 3.8) is 0 Å². The van der Waals surface area contributed by atoms with Gasteiger partial charge in [-0.15, -0.1) is 12.8 Å². The fraction of sp³-hybridized carbons (Fsp3) is 0.429. The van der Waals surface area contributed by atoms with E-state index in [9.17, 15) is 0 Å². The van der Waals surface area contributed by atoms with Crippen LogP contribution in [0.2, 0.25) is 0 Å². The molecule has 0 aromatic heterocycles. The van der Waals surface area contributed by atoms with Crippen LogP contribution in [0.15, 0.2) is 18.2 Å². The fourth-order valence-electron chi connectivity index (χ4n) is 1.47. The molecular weight excluding hydrogens is 182 g/mol. The Hall–Kier alpha value is -1.42. The summed E-state index contributed by atoms with van der Waals surface area (Å²) in [6, 6.07) is 6.33. The molecule has 0 saturated carbocycles. The van der Waals surface area contributed by atoms with E-state index in [-0.39, 0.29) is 5.41 Å². The van der Waals surface area contributed by atoms with Crippen molar-refractivity contribution >= 4 is 5.69 Å². The maximum atomic E-state index is 5.93. The third-order valence-corrected chi connectivity index (χ3v) is 2.33. The van der Waals surface area contributed by atoms with Gasteiger partial charge in [0.05, 0.1) is 0 Å². The van der Waals surface area contributed by atoms with E-state index in [0.717, 1.165) is 12.1 Å². The van der Waals surface area contributed by atoms with Crippen LogP contribution in [0.1, 0.15) is 38.8 Å². The maximum Gasteiger partial charge on any atom is 0.0352 e. The van der Waals surface area contributed by atoms with Gasteiger partial charge in [-0.3, -0.25) is 0 Å². The second-order valence-electron chi connectivity index (χ2n) is 4.53. The molecule has 1 rings (SSSR count). The fourth-order valence-corrected chi connectivity index (χ4v) is 1.47. The molecule has 2 N–H and O–H groups in total. The van der Waals surface area contributed by atoms with Crippen LogP contribution in [0.4, 0.5) is 5.69 Å². The van der Waals surface area contributed by atoms with Crippen molar-refractivity contribution in [1.82, 2.24) is 0 Å². The smallest absolute Gasteiger partial charge is 0.0352 e. The minimum Gasteiger partial charge on any atom is -0.398 e. The zero-order chi connectivity index (χ0) is 12.1. The van der Waals surface area contributed by atoms with Crippen LogP contribution in [-0.2, 0) is 11.8 Å². The summed E-state index contributed by atoms with van der Waals surface area (Å²) < 4.78 is 0. The van der Waals surface area contributed by atoms with Crippen LogP contribution in [0, 0.1) is 12.8 Å². The van der Waals surface area contributed by atoms with E-state index in [0.29, 0.717) is 0 Å². The third-order valence-electron chi connectivity index (χ3n) is 2.33. The maximum absolute atomic E-state index is 5.93. The van der Waals surface area contributed by atoms with Gasteiger partial charge in [0, 0.05) is 5.69 Å². The lowest BCUT2D eigenvalue weighted by molar-refractivity contribution is 0.592. The van der Waals surface area contributed by atoms with E-state index < -0.39 is 0 Å². The van der Waals surface area contributed by atoms with E-state index in [2.05, 4.69) is 52.7 Å². The van der Waals surface area contributed by atoms with E-state index in [1.54, 1.807) is 0 Å². The zero-order valence-corrected chi connectivity index (χ0v) is 10.2. The van der Waals surface area contributed by atoms with Crippen molar-refractivity contribution in [2.45, 2.75) is 39.5 Å². The SMILES string of the molecule is C#C.CCc1ccc(N)c(C(C)(C)C)c1. The second-order valence-corrected chi connectivity index (χ2v) is 4.53. The van der Waals surface area contributed by atoms with Crippen LogP contribution < -0.4 is 5.73 Å². The minimum atomic E-state index is 0.148. The lowest BCUT2D eigenvalue weighted by atomic mass is 9.85. The largest absolute Gasteiger partial charge is 0.398 e. The predicted molar refractivity (Wildman–Crippen MR) is 68.8 cm³/mol. The molecular formula is C14H21N. The number of anilines is 1. The van der Waals surface area contributed by atoms with E-state index in [4.69, 9.17) is 5.73 Å². The van der Waals surface area contributed by atoms with Gasteiger partial charge in [-0.2, -0.15) is 0 Å². The van der Waals surface area contributed by atoms with Crippen molar-refractivity contribution < 1.29 is 0 Å². The minimum absolute atomic E-state index is 0.148. The Morgan fingerprint density at radius 3 is 2.13 bits per heavy atom. The summed E-state index contributed by atoms with van der Waals surface area (Å²) in [5, 5.41) is 0. The van der Waals surface area contributed by atoms with Crippen LogP contribution in [0.5, 0.6) is 0 Å². The molecule has 0 fully saturated rings. The molecule has 0 atom stereocenters. The zero-order valence-electron chi connectivity index (χ0n) is 10.2. The molecule has 15 heavy (non-hydrogen) atoms. The van der Waals surface area contributed by atoms with Crippen molar-refractivity contribution in [3.05, 3.63) is 29.3 Å². The first-order valence-electron chi connectivity index (χ1n) is 5.17. The molecule has 0 aliphatic carbocycles. The first-order valence-corrected chi connectivity index (χ1v) is 5.17. The second kappa shape index (κ2) is 5.46. The summed E-state index contributed by atoms with van der Waals surface area (Å²) >= 11 is 0. The molecule has 1 aromatic carbocycles.